The van der Waals surface area contributed by atoms with Gasteiger partial charge in [-0.25, -0.2) is 0 Å². The predicted octanol–water partition coefficient (Wildman–Crippen LogP) is 0.858. The van der Waals surface area contributed by atoms with Crippen molar-refractivity contribution in [2.24, 2.45) is 5.92 Å². The number of piperidine rings is 1. The van der Waals surface area contributed by atoms with Crippen LogP contribution in [-0.2, 0) is 6.54 Å². The van der Waals surface area contributed by atoms with E-state index >= 15 is 0 Å². The van der Waals surface area contributed by atoms with Crippen molar-refractivity contribution in [1.82, 2.24) is 15.4 Å². The Balaban J connectivity index is 1.60. The van der Waals surface area contributed by atoms with Gasteiger partial charge in [0.2, 0.25) is 0 Å². The molecule has 1 aromatic rings. The second-order valence-electron chi connectivity index (χ2n) is 4.64. The quantitative estimate of drug-likeness (QED) is 0.781. The summed E-state index contributed by atoms with van der Waals surface area (Å²) in [6, 6.07) is 2.66. The summed E-state index contributed by atoms with van der Waals surface area (Å²) < 4.78 is 5.14. The van der Waals surface area contributed by atoms with Crippen molar-refractivity contribution in [2.75, 3.05) is 19.6 Å². The van der Waals surface area contributed by atoms with E-state index in [1.54, 1.807) is 6.20 Å². The summed E-state index contributed by atoms with van der Waals surface area (Å²) in [5, 5.41) is 7.34. The Morgan fingerprint density at radius 3 is 3.33 bits per heavy atom. The standard InChI is InChI=1S/C11H17N3O/c1-2-9-6-14(8-11(9)12-4-1)7-10-3-5-13-15-10/h3,5,9,11-12H,1-2,4,6-8H2. The topological polar surface area (TPSA) is 41.3 Å². The third kappa shape index (κ3) is 1.92. The molecular weight excluding hydrogens is 190 g/mol. The molecule has 4 heteroatoms. The molecule has 2 aliphatic heterocycles. The number of aromatic nitrogens is 1. The number of hydrogen-bond donors (Lipinski definition) is 1. The van der Waals surface area contributed by atoms with Gasteiger partial charge < -0.3 is 9.84 Å². The first-order valence-electron chi connectivity index (χ1n) is 5.77. The van der Waals surface area contributed by atoms with Gasteiger partial charge in [-0.05, 0) is 25.3 Å². The lowest BCUT2D eigenvalue weighted by Crippen LogP contribution is -2.40. The first-order chi connectivity index (χ1) is 7.42. The number of fused-ring (bicyclic) bond motifs is 1. The summed E-state index contributed by atoms with van der Waals surface area (Å²) >= 11 is 0. The third-order valence-electron chi connectivity index (χ3n) is 3.55. The number of rotatable bonds is 2. The van der Waals surface area contributed by atoms with Crippen molar-refractivity contribution in [2.45, 2.75) is 25.4 Å². The smallest absolute Gasteiger partial charge is 0.150 e. The molecule has 4 nitrogen and oxygen atoms in total. The van der Waals surface area contributed by atoms with Crippen molar-refractivity contribution in [3.63, 3.8) is 0 Å². The molecule has 2 atom stereocenters. The average Bonchev–Trinajstić information content (AvgIpc) is 2.86. The van der Waals surface area contributed by atoms with Crippen LogP contribution >= 0.6 is 0 Å². The van der Waals surface area contributed by atoms with Crippen LogP contribution in [0.15, 0.2) is 16.8 Å². The minimum absolute atomic E-state index is 0.710. The number of likely N-dealkylation sites (tertiary alicyclic amines) is 1. The molecule has 0 aliphatic carbocycles. The van der Waals surface area contributed by atoms with Crippen LogP contribution in [0, 0.1) is 5.92 Å². The van der Waals surface area contributed by atoms with Crippen LogP contribution < -0.4 is 5.32 Å². The fourth-order valence-electron chi connectivity index (χ4n) is 2.81. The van der Waals surface area contributed by atoms with Crippen LogP contribution in [0.4, 0.5) is 0 Å². The van der Waals surface area contributed by atoms with E-state index in [-0.39, 0.29) is 0 Å². The summed E-state index contributed by atoms with van der Waals surface area (Å²) in [6.45, 7) is 4.47. The SMILES string of the molecule is c1cc(CN2CC3CCCNC3C2)on1. The van der Waals surface area contributed by atoms with E-state index in [1.165, 1.54) is 25.9 Å². The molecule has 15 heavy (non-hydrogen) atoms. The highest BCUT2D eigenvalue weighted by atomic mass is 16.5. The van der Waals surface area contributed by atoms with Crippen LogP contribution in [0.2, 0.25) is 0 Å². The summed E-state index contributed by atoms with van der Waals surface area (Å²) in [4.78, 5) is 2.47. The average molecular weight is 207 g/mol. The Morgan fingerprint density at radius 2 is 2.53 bits per heavy atom. The Bertz CT molecular complexity index is 298. The first kappa shape index (κ1) is 9.36. The Kier molecular flexibility index (Phi) is 2.46. The molecule has 1 N–H and O–H groups in total. The second-order valence-corrected chi connectivity index (χ2v) is 4.64. The summed E-state index contributed by atoms with van der Waals surface area (Å²) in [7, 11) is 0. The minimum atomic E-state index is 0.710. The van der Waals surface area contributed by atoms with E-state index in [4.69, 9.17) is 4.52 Å². The van der Waals surface area contributed by atoms with Gasteiger partial charge in [0.15, 0.2) is 5.76 Å². The van der Waals surface area contributed by atoms with Gasteiger partial charge in [0.1, 0.15) is 0 Å². The highest BCUT2D eigenvalue weighted by Crippen LogP contribution is 2.25. The van der Waals surface area contributed by atoms with Crippen molar-refractivity contribution < 1.29 is 4.52 Å². The predicted molar refractivity (Wildman–Crippen MR) is 56.3 cm³/mol. The lowest BCUT2D eigenvalue weighted by molar-refractivity contribution is 0.264. The van der Waals surface area contributed by atoms with Crippen molar-refractivity contribution in [1.29, 1.82) is 0 Å². The Labute approximate surface area is 89.6 Å². The third-order valence-corrected chi connectivity index (χ3v) is 3.55. The fourth-order valence-corrected chi connectivity index (χ4v) is 2.81. The van der Waals surface area contributed by atoms with Gasteiger partial charge in [0, 0.05) is 25.2 Å². The van der Waals surface area contributed by atoms with Crippen LogP contribution in [0.25, 0.3) is 0 Å². The zero-order valence-corrected chi connectivity index (χ0v) is 8.85. The molecule has 0 aromatic carbocycles. The molecule has 3 rings (SSSR count). The molecule has 1 aromatic heterocycles. The monoisotopic (exact) mass is 207 g/mol. The van der Waals surface area contributed by atoms with Crippen LogP contribution in [0.1, 0.15) is 18.6 Å². The fraction of sp³-hybridized carbons (Fsp3) is 0.727. The van der Waals surface area contributed by atoms with Crippen molar-refractivity contribution in [3.05, 3.63) is 18.0 Å². The normalized spacial score (nSPS) is 31.7. The summed E-state index contributed by atoms with van der Waals surface area (Å²) in [5.41, 5.74) is 0. The van der Waals surface area contributed by atoms with Crippen LogP contribution in [-0.4, -0.2) is 35.7 Å². The van der Waals surface area contributed by atoms with Gasteiger partial charge in [0.25, 0.3) is 0 Å². The van der Waals surface area contributed by atoms with E-state index < -0.39 is 0 Å². The molecule has 2 saturated heterocycles. The van der Waals surface area contributed by atoms with Gasteiger partial charge in [-0.1, -0.05) is 5.16 Å². The zero-order chi connectivity index (χ0) is 10.1. The maximum atomic E-state index is 5.14. The second kappa shape index (κ2) is 3.94. The molecule has 0 radical (unpaired) electrons. The number of nitrogens with zero attached hydrogens (tertiary/aromatic N) is 2. The molecule has 82 valence electrons. The molecule has 3 heterocycles. The van der Waals surface area contributed by atoms with E-state index in [1.807, 2.05) is 6.07 Å². The minimum Gasteiger partial charge on any atom is -0.360 e. The van der Waals surface area contributed by atoms with E-state index in [0.29, 0.717) is 6.04 Å². The van der Waals surface area contributed by atoms with E-state index in [0.717, 1.165) is 24.8 Å². The molecule has 2 aliphatic rings. The largest absolute Gasteiger partial charge is 0.360 e. The molecule has 0 spiro atoms. The van der Waals surface area contributed by atoms with Crippen molar-refractivity contribution >= 4 is 0 Å². The number of nitrogens with one attached hydrogen (secondary N) is 1. The molecule has 0 amide bonds. The highest BCUT2D eigenvalue weighted by molar-refractivity contribution is 4.97. The Hall–Kier alpha value is -0.870. The summed E-state index contributed by atoms with van der Waals surface area (Å²) in [6.07, 6.45) is 4.43. The molecular formula is C11H17N3O. The molecule has 2 unspecified atom stereocenters. The van der Waals surface area contributed by atoms with E-state index in [2.05, 4.69) is 15.4 Å². The van der Waals surface area contributed by atoms with Gasteiger partial charge in [0.05, 0.1) is 12.7 Å². The maximum absolute atomic E-state index is 5.14. The van der Waals surface area contributed by atoms with Crippen LogP contribution in [0.5, 0.6) is 0 Å². The lowest BCUT2D eigenvalue weighted by atomic mass is 9.94. The number of hydrogen-bond acceptors (Lipinski definition) is 4. The van der Waals surface area contributed by atoms with Gasteiger partial charge in [-0.2, -0.15) is 0 Å². The lowest BCUT2D eigenvalue weighted by Gasteiger charge is -2.24. The molecule has 0 bridgehead atoms. The van der Waals surface area contributed by atoms with Crippen LogP contribution in [0.3, 0.4) is 0 Å². The summed E-state index contributed by atoms with van der Waals surface area (Å²) in [5.74, 6) is 1.83. The van der Waals surface area contributed by atoms with Crippen molar-refractivity contribution in [3.8, 4) is 0 Å². The highest BCUT2D eigenvalue weighted by Gasteiger charge is 2.34. The first-order valence-corrected chi connectivity index (χ1v) is 5.77. The Morgan fingerprint density at radius 1 is 1.53 bits per heavy atom. The van der Waals surface area contributed by atoms with E-state index in [9.17, 15) is 0 Å². The zero-order valence-electron chi connectivity index (χ0n) is 8.85. The van der Waals surface area contributed by atoms with Gasteiger partial charge in [-0.3, -0.25) is 4.90 Å². The van der Waals surface area contributed by atoms with Gasteiger partial charge in [-0.15, -0.1) is 0 Å². The molecule has 2 fully saturated rings. The molecule has 0 saturated carbocycles. The maximum Gasteiger partial charge on any atom is 0.150 e. The van der Waals surface area contributed by atoms with Gasteiger partial charge >= 0.3 is 0 Å².